The van der Waals surface area contributed by atoms with Crippen LogP contribution in [0.2, 0.25) is 0 Å². The standard InChI is InChI=1S/C21H26N6O2S/c1-26-11-3-5-15(26)7-9-22-20(28)16-13-24-27(18(16)14-29-2)21-23-10-8-17(25-21)19-6-4-12-30-19/h4,6,8,10,12-13,15H,3,5,7,9,11,14H2,1-2H3,(H,22,28)/t15-/m0/s1. The Kier molecular flexibility index (Phi) is 6.51. The summed E-state index contributed by atoms with van der Waals surface area (Å²) in [5.74, 6) is 0.267. The average Bonchev–Trinajstić information content (AvgIpc) is 3.50. The monoisotopic (exact) mass is 426 g/mol. The highest BCUT2D eigenvalue weighted by molar-refractivity contribution is 7.13. The molecule has 0 saturated carbocycles. The second-order valence-electron chi connectivity index (χ2n) is 7.39. The van der Waals surface area contributed by atoms with E-state index in [0.717, 1.165) is 23.5 Å². The molecular weight excluding hydrogens is 400 g/mol. The number of likely N-dealkylation sites (tertiary alicyclic amines) is 1. The molecule has 1 fully saturated rings. The minimum atomic E-state index is -0.150. The van der Waals surface area contributed by atoms with E-state index >= 15 is 0 Å². The molecule has 9 heteroatoms. The third-order valence-corrected chi connectivity index (χ3v) is 6.33. The zero-order chi connectivity index (χ0) is 20.9. The van der Waals surface area contributed by atoms with Gasteiger partial charge in [-0.15, -0.1) is 11.3 Å². The average molecular weight is 427 g/mol. The first-order valence-electron chi connectivity index (χ1n) is 10.1. The number of thiophene rings is 1. The van der Waals surface area contributed by atoms with Gasteiger partial charge in [0.05, 0.1) is 34.6 Å². The van der Waals surface area contributed by atoms with Crippen LogP contribution in [0, 0.1) is 0 Å². The highest BCUT2D eigenvalue weighted by atomic mass is 32.1. The number of aromatic nitrogens is 4. The number of amides is 1. The number of ether oxygens (including phenoxy) is 1. The normalized spacial score (nSPS) is 16.8. The molecule has 1 saturated heterocycles. The molecule has 1 amide bonds. The third kappa shape index (κ3) is 4.43. The van der Waals surface area contributed by atoms with Crippen molar-refractivity contribution in [1.82, 2.24) is 30.0 Å². The van der Waals surface area contributed by atoms with Crippen LogP contribution < -0.4 is 5.32 Å². The van der Waals surface area contributed by atoms with Crippen LogP contribution in [0.1, 0.15) is 35.3 Å². The van der Waals surface area contributed by atoms with Gasteiger partial charge in [0.25, 0.3) is 11.9 Å². The second-order valence-corrected chi connectivity index (χ2v) is 8.34. The fourth-order valence-electron chi connectivity index (χ4n) is 3.81. The van der Waals surface area contributed by atoms with Gasteiger partial charge in [-0.3, -0.25) is 4.79 Å². The molecule has 8 nitrogen and oxygen atoms in total. The Balaban J connectivity index is 1.51. The van der Waals surface area contributed by atoms with Crippen LogP contribution in [0.4, 0.5) is 0 Å². The van der Waals surface area contributed by atoms with Crippen LogP contribution in [0.25, 0.3) is 16.5 Å². The van der Waals surface area contributed by atoms with Crippen molar-refractivity contribution in [3.63, 3.8) is 0 Å². The first-order chi connectivity index (χ1) is 14.7. The Bertz CT molecular complexity index is 987. The van der Waals surface area contributed by atoms with Gasteiger partial charge in [0.2, 0.25) is 0 Å². The van der Waals surface area contributed by atoms with E-state index in [4.69, 9.17) is 4.74 Å². The van der Waals surface area contributed by atoms with Crippen LogP contribution in [-0.2, 0) is 11.3 Å². The molecule has 0 spiro atoms. The molecule has 0 unspecified atom stereocenters. The molecule has 4 heterocycles. The van der Waals surface area contributed by atoms with Gasteiger partial charge in [0.1, 0.15) is 0 Å². The molecule has 1 atom stereocenters. The van der Waals surface area contributed by atoms with Crippen LogP contribution in [0.5, 0.6) is 0 Å². The minimum absolute atomic E-state index is 0.150. The number of carbonyl (C=O) groups is 1. The summed E-state index contributed by atoms with van der Waals surface area (Å²) in [5, 5.41) is 9.43. The predicted octanol–water partition coefficient (Wildman–Crippen LogP) is 2.75. The number of methoxy groups -OCH3 is 1. The number of nitrogens with one attached hydrogen (secondary N) is 1. The first kappa shape index (κ1) is 20.6. The summed E-state index contributed by atoms with van der Waals surface area (Å²) in [6.07, 6.45) is 6.63. The van der Waals surface area contributed by atoms with Gasteiger partial charge < -0.3 is 15.0 Å². The van der Waals surface area contributed by atoms with Crippen molar-refractivity contribution in [2.24, 2.45) is 0 Å². The molecule has 1 N–H and O–H groups in total. The fourth-order valence-corrected chi connectivity index (χ4v) is 4.51. The van der Waals surface area contributed by atoms with Crippen LogP contribution in [0.15, 0.2) is 36.0 Å². The lowest BCUT2D eigenvalue weighted by Crippen LogP contribution is -2.32. The van der Waals surface area contributed by atoms with Gasteiger partial charge in [0.15, 0.2) is 0 Å². The van der Waals surface area contributed by atoms with Gasteiger partial charge in [-0.25, -0.2) is 9.97 Å². The Hall–Kier alpha value is -2.62. The quantitative estimate of drug-likeness (QED) is 0.596. The first-order valence-corrected chi connectivity index (χ1v) is 11.0. The maximum Gasteiger partial charge on any atom is 0.254 e. The number of carbonyl (C=O) groups excluding carboxylic acids is 1. The largest absolute Gasteiger partial charge is 0.378 e. The lowest BCUT2D eigenvalue weighted by molar-refractivity contribution is 0.0945. The molecule has 0 bridgehead atoms. The smallest absolute Gasteiger partial charge is 0.254 e. The Labute approximate surface area is 179 Å². The van der Waals surface area contributed by atoms with Crippen molar-refractivity contribution in [2.45, 2.75) is 31.9 Å². The topological polar surface area (TPSA) is 85.2 Å². The Morgan fingerprint density at radius 1 is 1.40 bits per heavy atom. The molecule has 0 aliphatic carbocycles. The highest BCUT2D eigenvalue weighted by Gasteiger charge is 2.22. The minimum Gasteiger partial charge on any atom is -0.378 e. The summed E-state index contributed by atoms with van der Waals surface area (Å²) in [7, 11) is 3.74. The summed E-state index contributed by atoms with van der Waals surface area (Å²) in [6.45, 7) is 2.00. The molecule has 0 aromatic carbocycles. The van der Waals surface area contributed by atoms with Gasteiger partial charge in [-0.2, -0.15) is 9.78 Å². The van der Waals surface area contributed by atoms with Crippen molar-refractivity contribution < 1.29 is 9.53 Å². The zero-order valence-corrected chi connectivity index (χ0v) is 18.1. The van der Waals surface area contributed by atoms with Crippen molar-refractivity contribution in [3.8, 4) is 16.5 Å². The van der Waals surface area contributed by atoms with Crippen molar-refractivity contribution in [1.29, 1.82) is 0 Å². The maximum atomic E-state index is 12.8. The fraction of sp³-hybridized carbons (Fsp3) is 0.429. The number of hydrogen-bond donors (Lipinski definition) is 1. The van der Waals surface area contributed by atoms with E-state index in [1.54, 1.807) is 35.5 Å². The highest BCUT2D eigenvalue weighted by Crippen LogP contribution is 2.23. The predicted molar refractivity (Wildman–Crippen MR) is 116 cm³/mol. The molecule has 30 heavy (non-hydrogen) atoms. The summed E-state index contributed by atoms with van der Waals surface area (Å²) in [4.78, 5) is 25.2. The van der Waals surface area contributed by atoms with Crippen LogP contribution in [-0.4, -0.2) is 63.8 Å². The van der Waals surface area contributed by atoms with Crippen molar-refractivity contribution in [3.05, 3.63) is 47.2 Å². The van der Waals surface area contributed by atoms with E-state index in [1.807, 2.05) is 23.6 Å². The van der Waals surface area contributed by atoms with Crippen LogP contribution >= 0.6 is 11.3 Å². The van der Waals surface area contributed by atoms with E-state index in [-0.39, 0.29) is 12.5 Å². The molecule has 0 radical (unpaired) electrons. The molecule has 1 aliphatic rings. The van der Waals surface area contributed by atoms with Gasteiger partial charge in [-0.1, -0.05) is 6.07 Å². The molecular formula is C21H26N6O2S. The van der Waals surface area contributed by atoms with E-state index in [2.05, 4.69) is 32.3 Å². The van der Waals surface area contributed by atoms with Crippen molar-refractivity contribution >= 4 is 17.2 Å². The van der Waals surface area contributed by atoms with Gasteiger partial charge >= 0.3 is 0 Å². The van der Waals surface area contributed by atoms with Gasteiger partial charge in [0, 0.05) is 25.9 Å². The summed E-state index contributed by atoms with van der Waals surface area (Å²) in [5.41, 5.74) is 1.94. The lowest BCUT2D eigenvalue weighted by atomic mass is 10.1. The summed E-state index contributed by atoms with van der Waals surface area (Å²) in [6, 6.07) is 6.40. The van der Waals surface area contributed by atoms with Crippen LogP contribution in [0.3, 0.4) is 0 Å². The molecule has 158 valence electrons. The molecule has 4 rings (SSSR count). The van der Waals surface area contributed by atoms with E-state index in [9.17, 15) is 4.79 Å². The SMILES string of the molecule is COCc1c(C(=O)NCC[C@@H]2CCCN2C)cnn1-c1nccc(-c2cccs2)n1. The zero-order valence-electron chi connectivity index (χ0n) is 17.2. The number of hydrogen-bond acceptors (Lipinski definition) is 7. The van der Waals surface area contributed by atoms with E-state index in [1.165, 1.54) is 12.8 Å². The maximum absolute atomic E-state index is 12.8. The third-order valence-electron chi connectivity index (χ3n) is 5.44. The summed E-state index contributed by atoms with van der Waals surface area (Å²) >= 11 is 1.61. The molecule has 3 aromatic rings. The summed E-state index contributed by atoms with van der Waals surface area (Å²) < 4.78 is 6.92. The molecule has 1 aliphatic heterocycles. The lowest BCUT2D eigenvalue weighted by Gasteiger charge is -2.19. The van der Waals surface area contributed by atoms with Gasteiger partial charge in [-0.05, 0) is 50.4 Å². The Morgan fingerprint density at radius 3 is 3.03 bits per heavy atom. The second kappa shape index (κ2) is 9.46. The van der Waals surface area contributed by atoms with E-state index < -0.39 is 0 Å². The Morgan fingerprint density at radius 2 is 2.30 bits per heavy atom. The van der Waals surface area contributed by atoms with E-state index in [0.29, 0.717) is 29.8 Å². The van der Waals surface area contributed by atoms with Crippen molar-refractivity contribution in [2.75, 3.05) is 27.2 Å². The molecule has 3 aromatic heterocycles. The number of rotatable bonds is 8. The number of nitrogens with zero attached hydrogens (tertiary/aromatic N) is 5.